The van der Waals surface area contributed by atoms with Gasteiger partial charge >= 0.3 is 5.97 Å². The molecule has 0 aliphatic carbocycles. The minimum absolute atomic E-state index is 0.236. The third-order valence-corrected chi connectivity index (χ3v) is 5.49. The Kier molecular flexibility index (Phi) is 4.58. The summed E-state index contributed by atoms with van der Waals surface area (Å²) >= 11 is 1.71. The molecule has 1 aliphatic heterocycles. The molecule has 0 amide bonds. The maximum Gasteiger partial charge on any atom is 0.337 e. The molecule has 0 saturated carbocycles. The van der Waals surface area contributed by atoms with Gasteiger partial charge in [-0.1, -0.05) is 18.2 Å². The first-order chi connectivity index (χ1) is 12.7. The Hall–Kier alpha value is -2.86. The van der Waals surface area contributed by atoms with E-state index in [1.54, 1.807) is 17.5 Å². The minimum Gasteiger partial charge on any atom is -0.493 e. The Balaban J connectivity index is 1.54. The Bertz CT molecular complexity index is 925. The highest BCUT2D eigenvalue weighted by Crippen LogP contribution is 2.38. The second-order valence-electron chi connectivity index (χ2n) is 6.17. The quantitative estimate of drug-likeness (QED) is 0.696. The molecule has 2 aromatic heterocycles. The molecule has 0 saturated heterocycles. The second-order valence-corrected chi connectivity index (χ2v) is 7.12. The van der Waals surface area contributed by atoms with Crippen LogP contribution in [-0.2, 0) is 0 Å². The molecule has 3 heterocycles. The lowest BCUT2D eigenvalue weighted by Gasteiger charge is -2.27. The lowest BCUT2D eigenvalue weighted by Crippen LogP contribution is -2.21. The third kappa shape index (κ3) is 3.28. The van der Waals surface area contributed by atoms with Crippen LogP contribution in [-0.4, -0.2) is 29.2 Å². The maximum absolute atomic E-state index is 11.3. The van der Waals surface area contributed by atoms with Crippen LogP contribution in [0.15, 0.2) is 54.2 Å². The second kappa shape index (κ2) is 7.17. The molecule has 1 aromatic carbocycles. The number of carbonyl (C=O) groups is 1. The molecule has 4 rings (SSSR count). The molecule has 1 atom stereocenters. The van der Waals surface area contributed by atoms with E-state index in [0.29, 0.717) is 18.8 Å². The van der Waals surface area contributed by atoms with Gasteiger partial charge in [0.2, 0.25) is 0 Å². The Morgan fingerprint density at radius 2 is 2.27 bits per heavy atom. The number of benzene rings is 1. The number of hydrogen-bond donors (Lipinski definition) is 2. The highest BCUT2D eigenvalue weighted by atomic mass is 32.1. The minimum atomic E-state index is -0.956. The van der Waals surface area contributed by atoms with E-state index >= 15 is 0 Å². The molecule has 5 nitrogen and oxygen atoms in total. The third-order valence-electron chi connectivity index (χ3n) is 4.57. The van der Waals surface area contributed by atoms with Crippen LogP contribution in [0.3, 0.4) is 0 Å². The van der Waals surface area contributed by atoms with Crippen molar-refractivity contribution in [3.63, 3.8) is 0 Å². The van der Waals surface area contributed by atoms with Gasteiger partial charge in [-0.3, -0.25) is 4.98 Å². The van der Waals surface area contributed by atoms with Gasteiger partial charge in [0, 0.05) is 23.5 Å². The molecule has 132 valence electrons. The monoisotopic (exact) mass is 366 g/mol. The summed E-state index contributed by atoms with van der Waals surface area (Å²) in [5.41, 5.74) is 3.10. The molecule has 26 heavy (non-hydrogen) atoms. The largest absolute Gasteiger partial charge is 0.493 e. The first-order valence-electron chi connectivity index (χ1n) is 8.44. The summed E-state index contributed by atoms with van der Waals surface area (Å²) in [4.78, 5) is 16.6. The summed E-state index contributed by atoms with van der Waals surface area (Å²) in [5, 5.41) is 14.6. The molecule has 1 aliphatic rings. The van der Waals surface area contributed by atoms with E-state index in [1.165, 1.54) is 17.1 Å². The predicted molar refractivity (Wildman–Crippen MR) is 102 cm³/mol. The van der Waals surface area contributed by atoms with Gasteiger partial charge in [-0.15, -0.1) is 11.3 Å². The first kappa shape index (κ1) is 16.6. The fourth-order valence-corrected chi connectivity index (χ4v) is 3.95. The molecule has 0 unspecified atom stereocenters. The first-order valence-corrected chi connectivity index (χ1v) is 9.32. The molecule has 0 bridgehead atoms. The lowest BCUT2D eigenvalue weighted by molar-refractivity contribution is 0.0697. The highest BCUT2D eigenvalue weighted by molar-refractivity contribution is 7.13. The number of aromatic carboxylic acids is 1. The van der Waals surface area contributed by atoms with Crippen LogP contribution in [0.4, 0.5) is 5.69 Å². The number of nitrogens with one attached hydrogen (secondary N) is 1. The zero-order valence-corrected chi connectivity index (χ0v) is 14.8. The van der Waals surface area contributed by atoms with E-state index in [-0.39, 0.29) is 11.5 Å². The summed E-state index contributed by atoms with van der Waals surface area (Å²) in [5.74, 6) is 0.222. The van der Waals surface area contributed by atoms with E-state index in [0.717, 1.165) is 23.3 Å². The van der Waals surface area contributed by atoms with Crippen LogP contribution in [0.5, 0.6) is 5.75 Å². The van der Waals surface area contributed by atoms with Crippen molar-refractivity contribution in [2.75, 3.05) is 18.5 Å². The number of carboxylic acids is 1. The molecule has 0 spiro atoms. The fraction of sp³-hybridized carbons (Fsp3) is 0.200. The number of ether oxygens (including phenoxy) is 1. The normalized spacial score (nSPS) is 15.8. The number of pyridine rings is 1. The summed E-state index contributed by atoms with van der Waals surface area (Å²) in [6.07, 6.45) is 3.94. The van der Waals surface area contributed by atoms with Crippen molar-refractivity contribution < 1.29 is 14.6 Å². The van der Waals surface area contributed by atoms with Crippen molar-refractivity contribution >= 4 is 23.0 Å². The Morgan fingerprint density at radius 1 is 1.35 bits per heavy atom. The lowest BCUT2D eigenvalue weighted by atomic mass is 9.91. The molecular formula is C20H18N2O3S. The van der Waals surface area contributed by atoms with Gasteiger partial charge in [0.05, 0.1) is 24.1 Å². The summed E-state index contributed by atoms with van der Waals surface area (Å²) in [6.45, 7) is 1.30. The van der Waals surface area contributed by atoms with Gasteiger partial charge in [0.25, 0.3) is 0 Å². The molecule has 0 fully saturated rings. The van der Waals surface area contributed by atoms with Crippen LogP contribution in [0.25, 0.3) is 10.4 Å². The molecule has 6 heteroatoms. The van der Waals surface area contributed by atoms with Crippen LogP contribution >= 0.6 is 11.3 Å². The maximum atomic E-state index is 11.3. The van der Waals surface area contributed by atoms with E-state index in [2.05, 4.69) is 39.9 Å². The summed E-state index contributed by atoms with van der Waals surface area (Å²) in [7, 11) is 0. The van der Waals surface area contributed by atoms with Crippen molar-refractivity contribution in [2.45, 2.75) is 12.3 Å². The van der Waals surface area contributed by atoms with E-state index in [4.69, 9.17) is 4.74 Å². The molecule has 2 N–H and O–H groups in total. The van der Waals surface area contributed by atoms with Crippen LogP contribution in [0.2, 0.25) is 0 Å². The highest BCUT2D eigenvalue weighted by Gasteiger charge is 2.22. The summed E-state index contributed by atoms with van der Waals surface area (Å²) in [6, 6.07) is 12.0. The van der Waals surface area contributed by atoms with E-state index in [1.807, 2.05) is 6.07 Å². The van der Waals surface area contributed by atoms with Crippen molar-refractivity contribution in [1.29, 1.82) is 0 Å². The number of aromatic nitrogens is 1. The fourth-order valence-electron chi connectivity index (χ4n) is 3.23. The number of carboxylic acid groups (broad SMARTS) is 1. The van der Waals surface area contributed by atoms with Gasteiger partial charge in [-0.2, -0.15) is 0 Å². The Labute approximate surface area is 155 Å². The van der Waals surface area contributed by atoms with Gasteiger partial charge in [-0.25, -0.2) is 4.79 Å². The smallest absolute Gasteiger partial charge is 0.337 e. The SMILES string of the molecule is O=C(O)c1ccncc1NC[C@H]1CCOc2cc(-c3cccs3)ccc21. The number of rotatable bonds is 5. The predicted octanol–water partition coefficient (Wildman–Crippen LogP) is 4.49. The average Bonchev–Trinajstić information content (AvgIpc) is 3.21. The number of anilines is 1. The molecule has 3 aromatic rings. The molecular weight excluding hydrogens is 348 g/mol. The number of fused-ring (bicyclic) bond motifs is 1. The van der Waals surface area contributed by atoms with Crippen LogP contribution in [0.1, 0.15) is 28.3 Å². The standard InChI is InChI=1S/C20H18N2O3S/c23-20(24)16-5-7-21-12-17(16)22-11-14-6-8-25-18-10-13(3-4-15(14)18)19-2-1-9-26-19/h1-5,7,9-10,12,14,22H,6,8,11H2,(H,23,24)/t14-/m1/s1. The van der Waals surface area contributed by atoms with Gasteiger partial charge < -0.3 is 15.2 Å². The van der Waals surface area contributed by atoms with E-state index in [9.17, 15) is 9.90 Å². The van der Waals surface area contributed by atoms with Crippen LogP contribution in [0, 0.1) is 0 Å². The zero-order valence-electron chi connectivity index (χ0n) is 14.0. The van der Waals surface area contributed by atoms with Crippen molar-refractivity contribution in [2.24, 2.45) is 0 Å². The number of nitrogens with zero attached hydrogens (tertiary/aromatic N) is 1. The summed E-state index contributed by atoms with van der Waals surface area (Å²) < 4.78 is 5.88. The van der Waals surface area contributed by atoms with Gasteiger partial charge in [-0.05, 0) is 41.1 Å². The van der Waals surface area contributed by atoms with E-state index < -0.39 is 5.97 Å². The van der Waals surface area contributed by atoms with Gasteiger partial charge in [0.15, 0.2) is 0 Å². The number of hydrogen-bond acceptors (Lipinski definition) is 5. The number of thiophene rings is 1. The van der Waals surface area contributed by atoms with Crippen molar-refractivity contribution in [3.8, 4) is 16.2 Å². The van der Waals surface area contributed by atoms with Crippen molar-refractivity contribution in [1.82, 2.24) is 4.98 Å². The van der Waals surface area contributed by atoms with Crippen LogP contribution < -0.4 is 10.1 Å². The van der Waals surface area contributed by atoms with Crippen molar-refractivity contribution in [3.05, 3.63) is 65.3 Å². The Morgan fingerprint density at radius 3 is 3.08 bits per heavy atom. The van der Waals surface area contributed by atoms with Gasteiger partial charge in [0.1, 0.15) is 5.75 Å². The zero-order chi connectivity index (χ0) is 17.9. The topological polar surface area (TPSA) is 71.5 Å². The average molecular weight is 366 g/mol. The molecule has 0 radical (unpaired) electrons.